The van der Waals surface area contributed by atoms with Crippen LogP contribution in [-0.2, 0) is 37.7 Å². The third-order valence-electron chi connectivity index (χ3n) is 12.1. The van der Waals surface area contributed by atoms with Crippen molar-refractivity contribution in [3.05, 3.63) is 255 Å². The summed E-state index contributed by atoms with van der Waals surface area (Å²) in [6, 6.07) is 64.9. The van der Waals surface area contributed by atoms with Gasteiger partial charge in [0.15, 0.2) is 0 Å². The number of phenolic OH excluding ortho intramolecular Hbond substituents is 3. The third-order valence-corrected chi connectivity index (χ3v) is 17.7. The summed E-state index contributed by atoms with van der Waals surface area (Å²) in [6.07, 6.45) is 3.24. The fraction of sp³-hybridized carbons (Fsp3) is 0.158. The van der Waals surface area contributed by atoms with Gasteiger partial charge in [0.05, 0.1) is 0 Å². The first-order chi connectivity index (χ1) is 30.1. The van der Waals surface area contributed by atoms with Crippen LogP contribution in [0.3, 0.4) is 0 Å². The summed E-state index contributed by atoms with van der Waals surface area (Å²) in [7, 11) is 0. The molecular formula is C57H55O4P. The molecule has 62 heavy (non-hydrogen) atoms. The standard InChI is InChI=1S/C57H55O4P/c1-41-27-29-54(58)49(31-41)35-47-23-16-24-48(36-51-33-43(3)34-52(56(51)60)37-50-32-42(2)28-30-55(50)59)57(47)61-62(53-25-14-7-15-26-53,38-44-17-8-4-9-18-44,39-45-19-10-5-11-20-45)40-46-21-12-6-13-22-46/h4-34,58-60H,35-40H2,1-3H3. The summed E-state index contributed by atoms with van der Waals surface area (Å²) in [5.74, 6) is 1.44. The van der Waals surface area contributed by atoms with Crippen LogP contribution in [0, 0.1) is 20.8 Å². The van der Waals surface area contributed by atoms with Crippen molar-refractivity contribution in [2.75, 3.05) is 0 Å². The van der Waals surface area contributed by atoms with Gasteiger partial charge in [0.25, 0.3) is 0 Å². The Morgan fingerprint density at radius 3 is 1.18 bits per heavy atom. The van der Waals surface area contributed by atoms with E-state index in [4.69, 9.17) is 4.52 Å². The maximum absolute atomic E-state index is 12.2. The number of hydrogen-bond acceptors (Lipinski definition) is 4. The normalized spacial score (nSPS) is 12.1. The third kappa shape index (κ3) is 9.32. The molecule has 0 fully saturated rings. The Morgan fingerprint density at radius 2 is 0.742 bits per heavy atom. The molecule has 0 heterocycles. The summed E-state index contributed by atoms with van der Waals surface area (Å²) in [4.78, 5) is 0. The molecule has 0 amide bonds. The molecule has 0 bridgehead atoms. The van der Waals surface area contributed by atoms with E-state index in [1.165, 1.54) is 22.0 Å². The summed E-state index contributed by atoms with van der Waals surface area (Å²) in [5, 5.41) is 35.5. The zero-order valence-electron chi connectivity index (χ0n) is 35.8. The molecule has 0 saturated carbocycles. The number of aryl methyl sites for hydroxylation is 3. The van der Waals surface area contributed by atoms with Crippen molar-refractivity contribution >= 4 is 12.1 Å². The van der Waals surface area contributed by atoms with Gasteiger partial charge in [-0.15, -0.1) is 0 Å². The molecule has 0 radical (unpaired) electrons. The molecule has 312 valence electrons. The first-order valence-electron chi connectivity index (χ1n) is 21.4. The van der Waals surface area contributed by atoms with Gasteiger partial charge < -0.3 is 0 Å². The van der Waals surface area contributed by atoms with Crippen molar-refractivity contribution in [1.82, 2.24) is 0 Å². The first kappa shape index (κ1) is 42.1. The van der Waals surface area contributed by atoms with Gasteiger partial charge in [0.2, 0.25) is 0 Å². The number of rotatable bonds is 15. The van der Waals surface area contributed by atoms with Gasteiger partial charge in [-0.25, -0.2) is 0 Å². The van der Waals surface area contributed by atoms with Crippen LogP contribution in [0.5, 0.6) is 23.0 Å². The quantitative estimate of drug-likeness (QED) is 0.0900. The van der Waals surface area contributed by atoms with Gasteiger partial charge in [-0.05, 0) is 0 Å². The second-order valence-corrected chi connectivity index (χ2v) is 22.0. The fourth-order valence-electron chi connectivity index (χ4n) is 9.22. The van der Waals surface area contributed by atoms with Crippen LogP contribution in [0.2, 0.25) is 0 Å². The SMILES string of the molecule is Cc1ccc(O)c(Cc2cc(C)cc(Cc3cccc(Cc4cc(C)ccc4O)c3OP(Cc3ccccc3)(Cc3ccccc3)(Cc3ccccc3)c3ccccc3)c2O)c1. The molecule has 0 spiro atoms. The molecule has 8 aromatic rings. The van der Waals surface area contributed by atoms with Crippen molar-refractivity contribution in [3.8, 4) is 23.0 Å². The van der Waals surface area contributed by atoms with Crippen molar-refractivity contribution < 1.29 is 19.8 Å². The van der Waals surface area contributed by atoms with E-state index in [1.54, 1.807) is 12.1 Å². The Balaban J connectivity index is 1.39. The van der Waals surface area contributed by atoms with Crippen molar-refractivity contribution in [2.24, 2.45) is 0 Å². The van der Waals surface area contributed by atoms with E-state index in [0.717, 1.165) is 55.8 Å². The summed E-state index contributed by atoms with van der Waals surface area (Å²) in [6.45, 7) is 2.31. The van der Waals surface area contributed by atoms with Crippen LogP contribution < -0.4 is 9.83 Å². The van der Waals surface area contributed by atoms with Gasteiger partial charge in [-0.3, -0.25) is 0 Å². The van der Waals surface area contributed by atoms with E-state index >= 15 is 0 Å². The molecule has 0 saturated heterocycles. The zero-order valence-corrected chi connectivity index (χ0v) is 36.7. The maximum atomic E-state index is 12.2. The van der Waals surface area contributed by atoms with E-state index in [0.29, 0.717) is 37.7 Å². The van der Waals surface area contributed by atoms with E-state index in [2.05, 4.69) is 159 Å². The molecule has 0 aliphatic rings. The minimum atomic E-state index is -3.80. The molecule has 8 rings (SSSR count). The molecule has 0 aromatic heterocycles. The van der Waals surface area contributed by atoms with Crippen molar-refractivity contribution in [1.29, 1.82) is 0 Å². The Morgan fingerprint density at radius 1 is 0.371 bits per heavy atom. The van der Waals surface area contributed by atoms with Crippen molar-refractivity contribution in [2.45, 2.75) is 58.5 Å². The van der Waals surface area contributed by atoms with Gasteiger partial charge in [-0.2, -0.15) is 0 Å². The topological polar surface area (TPSA) is 69.9 Å². The van der Waals surface area contributed by atoms with Crippen LogP contribution in [0.1, 0.15) is 66.8 Å². The van der Waals surface area contributed by atoms with E-state index in [-0.39, 0.29) is 17.2 Å². The predicted molar refractivity (Wildman–Crippen MR) is 257 cm³/mol. The average molecular weight is 835 g/mol. The minimum absolute atomic E-state index is 0.211. The number of benzene rings is 8. The van der Waals surface area contributed by atoms with Crippen LogP contribution in [0.4, 0.5) is 0 Å². The zero-order chi connectivity index (χ0) is 43.1. The number of phenols is 3. The Labute approximate surface area is 366 Å². The number of para-hydroxylation sites is 1. The Hall–Kier alpha value is -6.61. The van der Waals surface area contributed by atoms with Crippen LogP contribution in [-0.4, -0.2) is 15.3 Å². The molecule has 4 nitrogen and oxygen atoms in total. The first-order valence-corrected chi connectivity index (χ1v) is 24.1. The molecule has 8 aromatic carbocycles. The Bertz CT molecular complexity index is 2680. The van der Waals surface area contributed by atoms with E-state index in [9.17, 15) is 15.3 Å². The molecule has 0 atom stereocenters. The molecule has 0 unspecified atom stereocenters. The second-order valence-electron chi connectivity index (χ2n) is 17.1. The number of aromatic hydroxyl groups is 3. The van der Waals surface area contributed by atoms with E-state index in [1.807, 2.05) is 38.1 Å². The fourth-order valence-corrected chi connectivity index (χ4v) is 15.2. The number of hydrogen-bond donors (Lipinski definition) is 3. The van der Waals surface area contributed by atoms with Crippen LogP contribution in [0.15, 0.2) is 188 Å². The molecule has 0 aliphatic heterocycles. The summed E-state index contributed by atoms with van der Waals surface area (Å²) >= 11 is 0. The van der Waals surface area contributed by atoms with Crippen LogP contribution >= 0.6 is 6.83 Å². The molecule has 3 N–H and O–H groups in total. The molecule has 0 aliphatic carbocycles. The van der Waals surface area contributed by atoms with Gasteiger partial charge >= 0.3 is 368 Å². The predicted octanol–water partition coefficient (Wildman–Crippen LogP) is 13.3. The van der Waals surface area contributed by atoms with Gasteiger partial charge in [0, 0.05) is 0 Å². The van der Waals surface area contributed by atoms with Crippen LogP contribution in [0.25, 0.3) is 0 Å². The summed E-state index contributed by atoms with van der Waals surface area (Å²) < 4.78 is 8.42. The molecular weight excluding hydrogens is 780 g/mol. The Kier molecular flexibility index (Phi) is 12.3. The van der Waals surface area contributed by atoms with Gasteiger partial charge in [0.1, 0.15) is 0 Å². The molecule has 5 heteroatoms. The van der Waals surface area contributed by atoms with Crippen molar-refractivity contribution in [3.63, 3.8) is 0 Å². The second kappa shape index (κ2) is 18.2. The average Bonchev–Trinajstić information content (AvgIpc) is 3.27. The monoisotopic (exact) mass is 834 g/mol. The van der Waals surface area contributed by atoms with Gasteiger partial charge in [-0.1, -0.05) is 0 Å². The van der Waals surface area contributed by atoms with E-state index < -0.39 is 6.83 Å². The summed E-state index contributed by atoms with van der Waals surface area (Å²) in [5.41, 5.74) is 11.7.